The summed E-state index contributed by atoms with van der Waals surface area (Å²) < 4.78 is 34.3. The maximum Gasteiger partial charge on any atom is 0.302 e. The molecule has 0 bridgehead atoms. The highest BCUT2D eigenvalue weighted by Gasteiger charge is 2.32. The topological polar surface area (TPSA) is 57.7 Å². The van der Waals surface area contributed by atoms with Crippen LogP contribution in [0.1, 0.15) is 31.2 Å². The highest BCUT2D eigenvalue weighted by molar-refractivity contribution is 7.86. The van der Waals surface area contributed by atoms with E-state index in [4.69, 9.17) is 0 Å². The largest absolute Gasteiger partial charge is 0.372 e. The minimum atomic E-state index is -4.53. The number of hydrogen-bond donors (Lipinski definition) is 0. The van der Waals surface area contributed by atoms with Gasteiger partial charge in [0.25, 0.3) is 0 Å². The zero-order valence-corrected chi connectivity index (χ0v) is 14.5. The maximum absolute atomic E-state index is 12.8. The number of nitrogens with zero attached hydrogens (tertiary/aromatic N) is 2. The molecule has 2 aliphatic rings. The SMILES string of the molecule is O=C1CC(CS(=O)(=O)F)CN1Cc1ccc(N2CCCCC2)cc1. The number of halogens is 1. The number of amides is 1. The molecule has 2 aliphatic heterocycles. The van der Waals surface area contributed by atoms with Crippen molar-refractivity contribution in [1.29, 1.82) is 0 Å². The molecular weight excluding hydrogens is 331 g/mol. The van der Waals surface area contributed by atoms with E-state index in [2.05, 4.69) is 17.0 Å². The molecule has 2 fully saturated rings. The average Bonchev–Trinajstić information content (AvgIpc) is 2.86. The van der Waals surface area contributed by atoms with Crippen LogP contribution in [0.4, 0.5) is 9.57 Å². The van der Waals surface area contributed by atoms with Crippen molar-refractivity contribution in [3.8, 4) is 0 Å². The van der Waals surface area contributed by atoms with Gasteiger partial charge in [0.15, 0.2) is 0 Å². The Kier molecular flexibility index (Phi) is 5.08. The second-order valence-corrected chi connectivity index (χ2v) is 8.18. The Bertz CT molecular complexity index is 684. The van der Waals surface area contributed by atoms with Crippen molar-refractivity contribution < 1.29 is 17.1 Å². The van der Waals surface area contributed by atoms with Gasteiger partial charge in [-0.1, -0.05) is 12.1 Å². The molecule has 2 saturated heterocycles. The van der Waals surface area contributed by atoms with Crippen LogP contribution in [-0.2, 0) is 21.6 Å². The van der Waals surface area contributed by atoms with Gasteiger partial charge in [-0.2, -0.15) is 8.42 Å². The minimum absolute atomic E-state index is 0.106. The monoisotopic (exact) mass is 354 g/mol. The Morgan fingerprint density at radius 3 is 2.38 bits per heavy atom. The van der Waals surface area contributed by atoms with Crippen LogP contribution in [0.15, 0.2) is 24.3 Å². The molecular formula is C17H23FN2O3S. The molecule has 24 heavy (non-hydrogen) atoms. The van der Waals surface area contributed by atoms with Crippen molar-refractivity contribution in [2.45, 2.75) is 32.2 Å². The Balaban J connectivity index is 1.58. The third kappa shape index (κ3) is 4.47. The summed E-state index contributed by atoms with van der Waals surface area (Å²) in [7, 11) is -4.53. The normalized spacial score (nSPS) is 22.2. The van der Waals surface area contributed by atoms with Crippen LogP contribution in [0.25, 0.3) is 0 Å². The van der Waals surface area contributed by atoms with Gasteiger partial charge in [-0.3, -0.25) is 4.79 Å². The summed E-state index contributed by atoms with van der Waals surface area (Å²) in [5, 5.41) is 0. The van der Waals surface area contributed by atoms with Crippen molar-refractivity contribution in [1.82, 2.24) is 4.90 Å². The Morgan fingerprint density at radius 1 is 1.08 bits per heavy atom. The first-order valence-corrected chi connectivity index (χ1v) is 10.00. The predicted molar refractivity (Wildman–Crippen MR) is 90.9 cm³/mol. The van der Waals surface area contributed by atoms with E-state index in [1.54, 1.807) is 4.90 Å². The molecule has 1 aromatic rings. The van der Waals surface area contributed by atoms with Gasteiger partial charge in [0.1, 0.15) is 0 Å². The zero-order chi connectivity index (χ0) is 17.2. The summed E-state index contributed by atoms with van der Waals surface area (Å²) in [5.41, 5.74) is 2.21. The Morgan fingerprint density at radius 2 is 1.75 bits per heavy atom. The predicted octanol–water partition coefficient (Wildman–Crippen LogP) is 2.32. The number of hydrogen-bond acceptors (Lipinski definition) is 4. The Hall–Kier alpha value is -1.63. The molecule has 0 spiro atoms. The van der Waals surface area contributed by atoms with Gasteiger partial charge in [0.2, 0.25) is 5.91 Å². The average molecular weight is 354 g/mol. The summed E-state index contributed by atoms with van der Waals surface area (Å²) in [6.45, 7) is 2.92. The van der Waals surface area contributed by atoms with Crippen molar-refractivity contribution >= 4 is 21.8 Å². The molecule has 5 nitrogen and oxygen atoms in total. The van der Waals surface area contributed by atoms with E-state index in [-0.39, 0.29) is 12.3 Å². The van der Waals surface area contributed by atoms with Crippen LogP contribution in [0.5, 0.6) is 0 Å². The number of anilines is 1. The van der Waals surface area contributed by atoms with Crippen molar-refractivity contribution in [2.24, 2.45) is 5.92 Å². The Labute approximate surface area is 142 Å². The number of benzene rings is 1. The van der Waals surface area contributed by atoms with Crippen LogP contribution in [0.3, 0.4) is 0 Å². The maximum atomic E-state index is 12.8. The minimum Gasteiger partial charge on any atom is -0.372 e. The molecule has 2 heterocycles. The van der Waals surface area contributed by atoms with E-state index in [9.17, 15) is 17.1 Å². The molecule has 1 unspecified atom stereocenters. The summed E-state index contributed by atoms with van der Waals surface area (Å²) in [4.78, 5) is 16.0. The first-order valence-electron chi connectivity index (χ1n) is 8.45. The number of carbonyl (C=O) groups is 1. The molecule has 0 aliphatic carbocycles. The second-order valence-electron chi connectivity index (χ2n) is 6.76. The van der Waals surface area contributed by atoms with Crippen LogP contribution < -0.4 is 4.90 Å². The van der Waals surface area contributed by atoms with Crippen LogP contribution in [-0.4, -0.2) is 44.6 Å². The highest BCUT2D eigenvalue weighted by Crippen LogP contribution is 2.24. The number of carbonyl (C=O) groups excluding carboxylic acids is 1. The molecule has 132 valence electrons. The highest BCUT2D eigenvalue weighted by atomic mass is 32.3. The van der Waals surface area contributed by atoms with E-state index < -0.39 is 21.9 Å². The summed E-state index contributed by atoms with van der Waals surface area (Å²) in [6, 6.07) is 8.17. The molecule has 0 saturated carbocycles. The molecule has 1 atom stereocenters. The van der Waals surface area contributed by atoms with E-state index in [0.29, 0.717) is 13.1 Å². The molecule has 1 amide bonds. The summed E-state index contributed by atoms with van der Waals surface area (Å²) in [6.07, 6.45) is 3.85. The standard InChI is InChI=1S/C17H23FN2O3S/c18-24(22,23)13-15-10-17(21)20(12-15)11-14-4-6-16(7-5-14)19-8-2-1-3-9-19/h4-7,15H,1-3,8-13H2. The fourth-order valence-electron chi connectivity index (χ4n) is 3.58. The van der Waals surface area contributed by atoms with E-state index in [0.717, 1.165) is 18.7 Å². The molecule has 0 aromatic heterocycles. The zero-order valence-electron chi connectivity index (χ0n) is 13.7. The first kappa shape index (κ1) is 17.2. The first-order chi connectivity index (χ1) is 11.4. The lowest BCUT2D eigenvalue weighted by Gasteiger charge is -2.29. The van der Waals surface area contributed by atoms with Crippen LogP contribution in [0, 0.1) is 5.92 Å². The van der Waals surface area contributed by atoms with E-state index in [1.165, 1.54) is 24.9 Å². The number of rotatable bonds is 5. The van der Waals surface area contributed by atoms with Gasteiger partial charge in [-0.05, 0) is 37.0 Å². The fraction of sp³-hybridized carbons (Fsp3) is 0.588. The third-order valence-electron chi connectivity index (χ3n) is 4.76. The van der Waals surface area contributed by atoms with Gasteiger partial charge in [-0.15, -0.1) is 3.89 Å². The van der Waals surface area contributed by atoms with Gasteiger partial charge < -0.3 is 9.80 Å². The van der Waals surface area contributed by atoms with Crippen molar-refractivity contribution in [2.75, 3.05) is 30.3 Å². The molecule has 0 radical (unpaired) electrons. The summed E-state index contributed by atoms with van der Waals surface area (Å²) >= 11 is 0. The van der Waals surface area contributed by atoms with Gasteiger partial charge in [-0.25, -0.2) is 0 Å². The summed E-state index contributed by atoms with van der Waals surface area (Å²) in [5.74, 6) is -1.12. The van der Waals surface area contributed by atoms with E-state index >= 15 is 0 Å². The van der Waals surface area contributed by atoms with E-state index in [1.807, 2.05) is 12.1 Å². The molecule has 1 aromatic carbocycles. The number of piperidine rings is 1. The van der Waals surface area contributed by atoms with Gasteiger partial charge >= 0.3 is 10.2 Å². The van der Waals surface area contributed by atoms with Gasteiger partial charge in [0.05, 0.1) is 5.75 Å². The third-order valence-corrected chi connectivity index (χ3v) is 5.63. The lowest BCUT2D eigenvalue weighted by Crippen LogP contribution is -2.29. The molecule has 3 rings (SSSR count). The van der Waals surface area contributed by atoms with Crippen LogP contribution in [0.2, 0.25) is 0 Å². The van der Waals surface area contributed by atoms with Crippen molar-refractivity contribution in [3.05, 3.63) is 29.8 Å². The van der Waals surface area contributed by atoms with Gasteiger partial charge in [0, 0.05) is 44.2 Å². The second kappa shape index (κ2) is 7.09. The smallest absolute Gasteiger partial charge is 0.302 e. The quantitative estimate of drug-likeness (QED) is 0.762. The lowest BCUT2D eigenvalue weighted by atomic mass is 10.1. The lowest BCUT2D eigenvalue weighted by molar-refractivity contribution is -0.128. The number of likely N-dealkylation sites (tertiary alicyclic amines) is 1. The molecule has 7 heteroatoms. The van der Waals surface area contributed by atoms with Crippen molar-refractivity contribution in [3.63, 3.8) is 0 Å². The molecule has 0 N–H and O–H groups in total. The fourth-order valence-corrected chi connectivity index (χ4v) is 4.37. The van der Waals surface area contributed by atoms with Crippen LogP contribution >= 0.6 is 0 Å².